The van der Waals surface area contributed by atoms with Crippen molar-refractivity contribution in [2.45, 2.75) is 20.3 Å². The summed E-state index contributed by atoms with van der Waals surface area (Å²) in [6, 6.07) is 5.31. The number of carbonyl (C=O) groups excluding carboxylic acids is 1. The monoisotopic (exact) mass is 260 g/mol. The number of hydrogen-bond acceptors (Lipinski definition) is 2. The number of benzene rings is 1. The molecular formula is C12H14Cl2O2. The number of ether oxygens (including phenoxy) is 1. The molecule has 0 fully saturated rings. The van der Waals surface area contributed by atoms with Gasteiger partial charge < -0.3 is 4.74 Å². The van der Waals surface area contributed by atoms with Gasteiger partial charge in [-0.1, -0.05) is 36.2 Å². The first-order valence-corrected chi connectivity index (χ1v) is 5.91. The summed E-state index contributed by atoms with van der Waals surface area (Å²) in [5.41, 5.74) is 0.798. The van der Waals surface area contributed by atoms with Crippen molar-refractivity contribution in [3.05, 3.63) is 33.8 Å². The molecular weight excluding hydrogens is 247 g/mol. The highest BCUT2D eigenvalue weighted by Crippen LogP contribution is 2.27. The van der Waals surface area contributed by atoms with Gasteiger partial charge in [0.1, 0.15) is 0 Å². The third-order valence-corrected chi connectivity index (χ3v) is 2.97. The van der Waals surface area contributed by atoms with Crippen molar-refractivity contribution in [3.8, 4) is 0 Å². The first kappa shape index (κ1) is 13.3. The van der Waals surface area contributed by atoms with E-state index in [0.29, 0.717) is 23.1 Å². The lowest BCUT2D eigenvalue weighted by atomic mass is 10.0. The fourth-order valence-corrected chi connectivity index (χ4v) is 1.95. The van der Waals surface area contributed by atoms with Gasteiger partial charge in [-0.25, -0.2) is 0 Å². The summed E-state index contributed by atoms with van der Waals surface area (Å²) in [5.74, 6) is -0.462. The van der Waals surface area contributed by atoms with E-state index in [0.717, 1.165) is 5.56 Å². The van der Waals surface area contributed by atoms with Gasteiger partial charge in [0.25, 0.3) is 0 Å². The Labute approximate surface area is 106 Å². The van der Waals surface area contributed by atoms with Gasteiger partial charge in [-0.3, -0.25) is 4.79 Å². The molecule has 1 aromatic carbocycles. The predicted molar refractivity (Wildman–Crippen MR) is 66.0 cm³/mol. The zero-order valence-corrected chi connectivity index (χ0v) is 10.8. The Kier molecular flexibility index (Phi) is 5.10. The highest BCUT2D eigenvalue weighted by molar-refractivity contribution is 6.36. The molecule has 0 N–H and O–H groups in total. The van der Waals surface area contributed by atoms with Crippen LogP contribution >= 0.6 is 23.2 Å². The molecule has 4 heteroatoms. The normalized spacial score (nSPS) is 12.2. The van der Waals surface area contributed by atoms with Gasteiger partial charge in [-0.2, -0.15) is 0 Å². The molecule has 0 saturated heterocycles. The summed E-state index contributed by atoms with van der Waals surface area (Å²) >= 11 is 12.0. The van der Waals surface area contributed by atoms with Crippen LogP contribution in [0, 0.1) is 5.92 Å². The van der Waals surface area contributed by atoms with E-state index in [1.807, 2.05) is 0 Å². The molecule has 0 aliphatic carbocycles. The lowest BCUT2D eigenvalue weighted by Gasteiger charge is -2.12. The first-order valence-electron chi connectivity index (χ1n) is 5.15. The third kappa shape index (κ3) is 3.39. The van der Waals surface area contributed by atoms with E-state index in [4.69, 9.17) is 27.9 Å². The van der Waals surface area contributed by atoms with Crippen LogP contribution in [0.3, 0.4) is 0 Å². The lowest BCUT2D eigenvalue weighted by Crippen LogP contribution is -2.17. The van der Waals surface area contributed by atoms with Crippen LogP contribution in [-0.4, -0.2) is 12.6 Å². The molecule has 0 radical (unpaired) electrons. The highest BCUT2D eigenvalue weighted by atomic mass is 35.5. The number of halogens is 2. The van der Waals surface area contributed by atoms with Gasteiger partial charge in [0, 0.05) is 10.0 Å². The summed E-state index contributed by atoms with van der Waals surface area (Å²) in [6.07, 6.45) is 0.497. The van der Waals surface area contributed by atoms with E-state index in [-0.39, 0.29) is 11.9 Å². The maximum absolute atomic E-state index is 11.5. The Morgan fingerprint density at radius 2 is 1.94 bits per heavy atom. The van der Waals surface area contributed by atoms with Crippen LogP contribution < -0.4 is 0 Å². The second-order valence-electron chi connectivity index (χ2n) is 3.56. The fraction of sp³-hybridized carbons (Fsp3) is 0.417. The summed E-state index contributed by atoms with van der Waals surface area (Å²) < 4.78 is 4.93. The van der Waals surface area contributed by atoms with Crippen molar-refractivity contribution >= 4 is 29.2 Å². The molecule has 0 heterocycles. The van der Waals surface area contributed by atoms with Crippen LogP contribution in [0.5, 0.6) is 0 Å². The van der Waals surface area contributed by atoms with Gasteiger partial charge in [-0.05, 0) is 31.0 Å². The fourth-order valence-electron chi connectivity index (χ4n) is 1.40. The number of carbonyl (C=O) groups is 1. The standard InChI is InChI=1S/C12H14Cl2O2/c1-3-16-12(15)8(2)7-9-10(13)5-4-6-11(9)14/h4-6,8H,3,7H2,1-2H3/t8-/m0/s1. The Morgan fingerprint density at radius 1 is 1.38 bits per heavy atom. The van der Waals surface area contributed by atoms with Crippen LogP contribution in [0.2, 0.25) is 10.0 Å². The SMILES string of the molecule is CCOC(=O)[C@@H](C)Cc1c(Cl)cccc1Cl. The van der Waals surface area contributed by atoms with E-state index >= 15 is 0 Å². The largest absolute Gasteiger partial charge is 0.466 e. The molecule has 0 bridgehead atoms. The molecule has 0 amide bonds. The third-order valence-electron chi connectivity index (χ3n) is 2.26. The van der Waals surface area contributed by atoms with E-state index in [1.54, 1.807) is 32.0 Å². The molecule has 1 atom stereocenters. The molecule has 0 spiro atoms. The van der Waals surface area contributed by atoms with E-state index in [2.05, 4.69) is 0 Å². The van der Waals surface area contributed by atoms with Crippen molar-refractivity contribution in [1.82, 2.24) is 0 Å². The lowest BCUT2D eigenvalue weighted by molar-refractivity contribution is -0.147. The molecule has 0 aliphatic heterocycles. The Morgan fingerprint density at radius 3 is 2.44 bits per heavy atom. The van der Waals surface area contributed by atoms with Crippen LogP contribution in [0.1, 0.15) is 19.4 Å². The Balaban J connectivity index is 2.76. The predicted octanol–water partition coefficient (Wildman–Crippen LogP) is 3.74. The zero-order valence-electron chi connectivity index (χ0n) is 9.30. The van der Waals surface area contributed by atoms with Crippen molar-refractivity contribution < 1.29 is 9.53 Å². The average Bonchev–Trinajstić information content (AvgIpc) is 2.23. The smallest absolute Gasteiger partial charge is 0.308 e. The summed E-state index contributed by atoms with van der Waals surface area (Å²) in [7, 11) is 0. The Hall–Kier alpha value is -0.730. The minimum absolute atomic E-state index is 0.224. The summed E-state index contributed by atoms with van der Waals surface area (Å²) in [4.78, 5) is 11.5. The summed E-state index contributed by atoms with van der Waals surface area (Å²) in [5, 5.41) is 1.17. The van der Waals surface area contributed by atoms with Crippen molar-refractivity contribution in [2.75, 3.05) is 6.61 Å². The van der Waals surface area contributed by atoms with Crippen LogP contribution in [0.4, 0.5) is 0 Å². The number of esters is 1. The molecule has 16 heavy (non-hydrogen) atoms. The molecule has 0 aliphatic rings. The quantitative estimate of drug-likeness (QED) is 0.772. The van der Waals surface area contributed by atoms with Gasteiger partial charge >= 0.3 is 5.97 Å². The van der Waals surface area contributed by atoms with E-state index in [1.165, 1.54) is 0 Å². The van der Waals surface area contributed by atoms with Gasteiger partial charge in [0.15, 0.2) is 0 Å². The Bertz CT molecular complexity index is 357. The zero-order chi connectivity index (χ0) is 12.1. The molecule has 0 aromatic heterocycles. The van der Waals surface area contributed by atoms with Crippen molar-refractivity contribution in [1.29, 1.82) is 0 Å². The van der Waals surface area contributed by atoms with Gasteiger partial charge in [0.2, 0.25) is 0 Å². The van der Waals surface area contributed by atoms with Crippen LogP contribution in [0.15, 0.2) is 18.2 Å². The molecule has 2 nitrogen and oxygen atoms in total. The maximum atomic E-state index is 11.5. The van der Waals surface area contributed by atoms with E-state index in [9.17, 15) is 4.79 Å². The van der Waals surface area contributed by atoms with Gasteiger partial charge in [-0.15, -0.1) is 0 Å². The van der Waals surface area contributed by atoms with Crippen LogP contribution in [-0.2, 0) is 16.0 Å². The van der Waals surface area contributed by atoms with Crippen molar-refractivity contribution in [3.63, 3.8) is 0 Å². The van der Waals surface area contributed by atoms with Gasteiger partial charge in [0.05, 0.1) is 12.5 Å². The number of hydrogen-bond donors (Lipinski definition) is 0. The maximum Gasteiger partial charge on any atom is 0.308 e. The van der Waals surface area contributed by atoms with E-state index < -0.39 is 0 Å². The molecule has 88 valence electrons. The molecule has 0 saturated carbocycles. The van der Waals surface area contributed by atoms with Crippen LogP contribution in [0.25, 0.3) is 0 Å². The topological polar surface area (TPSA) is 26.3 Å². The molecule has 1 rings (SSSR count). The molecule has 1 aromatic rings. The minimum Gasteiger partial charge on any atom is -0.466 e. The number of rotatable bonds is 4. The second-order valence-corrected chi connectivity index (χ2v) is 4.37. The first-order chi connectivity index (χ1) is 7.56. The highest BCUT2D eigenvalue weighted by Gasteiger charge is 2.17. The minimum atomic E-state index is -0.239. The second kappa shape index (κ2) is 6.12. The van der Waals surface area contributed by atoms with Crippen molar-refractivity contribution in [2.24, 2.45) is 5.92 Å². The summed E-state index contributed by atoms with van der Waals surface area (Å²) in [6.45, 7) is 3.98. The molecule has 0 unspecified atom stereocenters. The average molecular weight is 261 g/mol.